The fourth-order valence-corrected chi connectivity index (χ4v) is 1.58. The largest absolute Gasteiger partial charge is 0.219 e. The van der Waals surface area contributed by atoms with Crippen LogP contribution in [0, 0.1) is 5.92 Å². The van der Waals surface area contributed by atoms with E-state index in [1.54, 1.807) is 0 Å². The Bertz CT molecular complexity index is 102. The summed E-state index contributed by atoms with van der Waals surface area (Å²) in [7, 11) is 0. The standard InChI is InChI=1S/C7H14O5/c8-10-12-11-9-6-5-7-3-1-2-4-7/h7-8H,1-6H2. The molecule has 1 aliphatic carbocycles. The Balaban J connectivity index is 1.81. The zero-order valence-corrected chi connectivity index (χ0v) is 6.90. The van der Waals surface area contributed by atoms with E-state index >= 15 is 0 Å². The van der Waals surface area contributed by atoms with Crippen LogP contribution < -0.4 is 0 Å². The van der Waals surface area contributed by atoms with Gasteiger partial charge in [-0.05, 0) is 27.5 Å². The Morgan fingerprint density at radius 2 is 1.92 bits per heavy atom. The van der Waals surface area contributed by atoms with Crippen LogP contribution in [0.25, 0.3) is 0 Å². The van der Waals surface area contributed by atoms with Crippen LogP contribution in [0.5, 0.6) is 0 Å². The van der Waals surface area contributed by atoms with Crippen molar-refractivity contribution in [1.82, 2.24) is 0 Å². The van der Waals surface area contributed by atoms with Crippen LogP contribution in [-0.2, 0) is 20.0 Å². The minimum absolute atomic E-state index is 0.466. The average Bonchev–Trinajstić information content (AvgIpc) is 2.57. The van der Waals surface area contributed by atoms with E-state index in [1.807, 2.05) is 0 Å². The zero-order chi connectivity index (χ0) is 8.65. The van der Waals surface area contributed by atoms with Gasteiger partial charge in [0.2, 0.25) is 0 Å². The van der Waals surface area contributed by atoms with Gasteiger partial charge in [-0.15, -0.1) is 0 Å². The minimum atomic E-state index is 0.466. The van der Waals surface area contributed by atoms with E-state index in [9.17, 15) is 0 Å². The van der Waals surface area contributed by atoms with E-state index in [4.69, 9.17) is 5.26 Å². The van der Waals surface area contributed by atoms with Gasteiger partial charge in [-0.25, -0.2) is 10.1 Å². The lowest BCUT2D eigenvalue weighted by Gasteiger charge is -2.06. The van der Waals surface area contributed by atoms with Crippen molar-refractivity contribution in [2.24, 2.45) is 5.92 Å². The first-order valence-corrected chi connectivity index (χ1v) is 4.20. The molecule has 5 nitrogen and oxygen atoms in total. The highest BCUT2D eigenvalue weighted by Gasteiger charge is 2.14. The van der Waals surface area contributed by atoms with E-state index < -0.39 is 0 Å². The molecule has 1 N–H and O–H groups in total. The molecule has 72 valence electrons. The summed E-state index contributed by atoms with van der Waals surface area (Å²) < 4.78 is 0. The van der Waals surface area contributed by atoms with Crippen molar-refractivity contribution < 1.29 is 25.3 Å². The molecule has 0 atom stereocenters. The van der Waals surface area contributed by atoms with Crippen molar-refractivity contribution >= 4 is 0 Å². The summed E-state index contributed by atoms with van der Waals surface area (Å²) >= 11 is 0. The van der Waals surface area contributed by atoms with Gasteiger partial charge in [-0.1, -0.05) is 25.7 Å². The molecule has 12 heavy (non-hydrogen) atoms. The minimum Gasteiger partial charge on any atom is -0.219 e. The molecule has 0 saturated heterocycles. The average molecular weight is 178 g/mol. The molecule has 1 rings (SSSR count). The first kappa shape index (κ1) is 9.88. The third-order valence-corrected chi connectivity index (χ3v) is 2.19. The molecular formula is C7H14O5. The quantitative estimate of drug-likeness (QED) is 0.382. The third-order valence-electron chi connectivity index (χ3n) is 2.19. The predicted octanol–water partition coefficient (Wildman–Crippen LogP) is 1.85. The van der Waals surface area contributed by atoms with E-state index in [0.717, 1.165) is 12.3 Å². The zero-order valence-electron chi connectivity index (χ0n) is 6.90. The molecule has 0 aliphatic heterocycles. The van der Waals surface area contributed by atoms with Crippen molar-refractivity contribution in [2.75, 3.05) is 6.61 Å². The van der Waals surface area contributed by atoms with Gasteiger partial charge >= 0.3 is 0 Å². The van der Waals surface area contributed by atoms with E-state index in [1.165, 1.54) is 25.7 Å². The van der Waals surface area contributed by atoms with Crippen LogP contribution in [-0.4, -0.2) is 11.9 Å². The van der Waals surface area contributed by atoms with Gasteiger partial charge in [0, 0.05) is 0 Å². The second-order valence-electron chi connectivity index (χ2n) is 2.97. The molecule has 0 aromatic rings. The third kappa shape index (κ3) is 3.99. The van der Waals surface area contributed by atoms with Gasteiger partial charge in [0.05, 0.1) is 6.61 Å². The summed E-state index contributed by atoms with van der Waals surface area (Å²) in [5, 5.41) is 18.4. The van der Waals surface area contributed by atoms with Crippen LogP contribution in [0.1, 0.15) is 32.1 Å². The molecule has 1 saturated carbocycles. The summed E-state index contributed by atoms with van der Waals surface area (Å²) in [5.74, 6) is 0.753. The SMILES string of the molecule is OOOOOCCC1CCCC1. The first-order chi connectivity index (χ1) is 5.93. The number of hydrogen-bond donors (Lipinski definition) is 1. The molecule has 0 unspecified atom stereocenters. The second kappa shape index (κ2) is 6.33. The van der Waals surface area contributed by atoms with Gasteiger partial charge in [0.1, 0.15) is 0 Å². The van der Waals surface area contributed by atoms with Crippen molar-refractivity contribution in [3.63, 3.8) is 0 Å². The summed E-state index contributed by atoms with van der Waals surface area (Å²) in [4.78, 5) is 4.53. The summed E-state index contributed by atoms with van der Waals surface area (Å²) in [5.41, 5.74) is 0. The first-order valence-electron chi connectivity index (χ1n) is 4.20. The van der Waals surface area contributed by atoms with E-state index in [-0.39, 0.29) is 0 Å². The molecule has 5 heteroatoms. The highest BCUT2D eigenvalue weighted by atomic mass is 17.8. The molecule has 0 bridgehead atoms. The number of rotatable bonds is 6. The Morgan fingerprint density at radius 3 is 2.58 bits per heavy atom. The van der Waals surface area contributed by atoms with Gasteiger partial charge < -0.3 is 0 Å². The van der Waals surface area contributed by atoms with Crippen molar-refractivity contribution in [3.8, 4) is 0 Å². The topological polar surface area (TPSA) is 57.2 Å². The van der Waals surface area contributed by atoms with E-state index in [0.29, 0.717) is 6.61 Å². The molecule has 0 heterocycles. The van der Waals surface area contributed by atoms with Crippen LogP contribution in [0.3, 0.4) is 0 Å². The normalized spacial score (nSPS) is 18.8. The molecule has 1 fully saturated rings. The van der Waals surface area contributed by atoms with Crippen molar-refractivity contribution in [1.29, 1.82) is 0 Å². The second-order valence-corrected chi connectivity index (χ2v) is 2.97. The fraction of sp³-hybridized carbons (Fsp3) is 1.00. The Morgan fingerprint density at radius 1 is 1.17 bits per heavy atom. The molecule has 0 amide bonds. The van der Waals surface area contributed by atoms with Gasteiger partial charge in [0.15, 0.2) is 0 Å². The molecule has 0 aromatic heterocycles. The summed E-state index contributed by atoms with van der Waals surface area (Å²) in [6.45, 7) is 0.466. The monoisotopic (exact) mass is 178 g/mol. The Labute approximate surface area is 70.9 Å². The highest BCUT2D eigenvalue weighted by Crippen LogP contribution is 2.27. The van der Waals surface area contributed by atoms with Crippen LogP contribution >= 0.6 is 0 Å². The lowest BCUT2D eigenvalue weighted by molar-refractivity contribution is -0.702. The van der Waals surface area contributed by atoms with Gasteiger partial charge in [-0.3, -0.25) is 0 Å². The van der Waals surface area contributed by atoms with E-state index in [2.05, 4.69) is 20.0 Å². The predicted molar refractivity (Wildman–Crippen MR) is 38.4 cm³/mol. The molecular weight excluding hydrogens is 164 g/mol. The van der Waals surface area contributed by atoms with Gasteiger partial charge in [-0.2, -0.15) is 0 Å². The molecule has 1 aliphatic rings. The fourth-order valence-electron chi connectivity index (χ4n) is 1.58. The maximum Gasteiger partial charge on any atom is 0.0857 e. The smallest absolute Gasteiger partial charge is 0.0857 e. The van der Waals surface area contributed by atoms with Crippen LogP contribution in [0.4, 0.5) is 0 Å². The molecule has 0 aromatic carbocycles. The lowest BCUT2D eigenvalue weighted by atomic mass is 10.1. The Hall–Kier alpha value is -0.200. The van der Waals surface area contributed by atoms with Crippen LogP contribution in [0.15, 0.2) is 0 Å². The Kier molecular flexibility index (Phi) is 5.21. The lowest BCUT2D eigenvalue weighted by Crippen LogP contribution is -2.02. The molecule has 0 radical (unpaired) electrons. The number of hydrogen-bond acceptors (Lipinski definition) is 5. The van der Waals surface area contributed by atoms with Crippen molar-refractivity contribution in [3.05, 3.63) is 0 Å². The highest BCUT2D eigenvalue weighted by molar-refractivity contribution is 4.66. The molecule has 0 spiro atoms. The van der Waals surface area contributed by atoms with Crippen molar-refractivity contribution in [2.45, 2.75) is 32.1 Å². The summed E-state index contributed by atoms with van der Waals surface area (Å²) in [6.07, 6.45) is 6.17. The van der Waals surface area contributed by atoms with Gasteiger partial charge in [0.25, 0.3) is 0 Å². The van der Waals surface area contributed by atoms with Crippen LogP contribution in [0.2, 0.25) is 0 Å². The maximum absolute atomic E-state index is 7.65. The maximum atomic E-state index is 7.65. The summed E-state index contributed by atoms with van der Waals surface area (Å²) in [6, 6.07) is 0.